The Morgan fingerprint density at radius 1 is 1.33 bits per heavy atom. The van der Waals surface area contributed by atoms with Gasteiger partial charge in [0.2, 0.25) is 0 Å². The molecule has 1 aromatic carbocycles. The van der Waals surface area contributed by atoms with E-state index in [2.05, 4.69) is 17.1 Å². The molecule has 3 heteroatoms. The Kier molecular flexibility index (Phi) is 5.49. The Labute approximate surface area is 110 Å². The van der Waals surface area contributed by atoms with Gasteiger partial charge in [-0.25, -0.2) is 0 Å². The zero-order chi connectivity index (χ0) is 12.6. The summed E-state index contributed by atoms with van der Waals surface area (Å²) in [4.78, 5) is 2.46. The third kappa shape index (κ3) is 4.31. The van der Waals surface area contributed by atoms with Crippen molar-refractivity contribution in [2.24, 2.45) is 0 Å². The summed E-state index contributed by atoms with van der Waals surface area (Å²) in [6.07, 6.45) is 2.64. The number of hydrogen-bond acceptors (Lipinski definition) is 3. The maximum Gasteiger partial charge on any atom is 0.119 e. The average molecular weight is 248 g/mol. The monoisotopic (exact) mass is 248 g/mol. The summed E-state index contributed by atoms with van der Waals surface area (Å²) in [6.45, 7) is 7.42. The minimum atomic E-state index is 0.682. The van der Waals surface area contributed by atoms with Gasteiger partial charge in [0.25, 0.3) is 0 Å². The molecule has 1 atom stereocenters. The number of hydrogen-bond donors (Lipinski definition) is 1. The van der Waals surface area contributed by atoms with E-state index < -0.39 is 0 Å². The number of para-hydroxylation sites is 1. The van der Waals surface area contributed by atoms with Crippen LogP contribution in [0.25, 0.3) is 0 Å². The summed E-state index contributed by atoms with van der Waals surface area (Å²) >= 11 is 0. The normalized spacial score (nSPS) is 19.3. The lowest BCUT2D eigenvalue weighted by molar-refractivity contribution is 0.203. The number of benzene rings is 1. The molecule has 1 aliphatic rings. The van der Waals surface area contributed by atoms with E-state index in [1.54, 1.807) is 0 Å². The fraction of sp³-hybridized carbons (Fsp3) is 0.600. The summed E-state index contributed by atoms with van der Waals surface area (Å²) in [6, 6.07) is 10.7. The summed E-state index contributed by atoms with van der Waals surface area (Å²) in [5.41, 5.74) is 0. The van der Waals surface area contributed by atoms with Crippen LogP contribution in [0.15, 0.2) is 30.3 Å². The summed E-state index contributed by atoms with van der Waals surface area (Å²) in [5.74, 6) is 0.965. The Bertz CT molecular complexity index is 323. The summed E-state index contributed by atoms with van der Waals surface area (Å²) in [7, 11) is 0. The quantitative estimate of drug-likeness (QED) is 0.800. The molecular formula is C15H24N2O. The molecule has 18 heavy (non-hydrogen) atoms. The Balaban J connectivity index is 1.67. The minimum Gasteiger partial charge on any atom is -0.492 e. The molecule has 100 valence electrons. The van der Waals surface area contributed by atoms with Crippen molar-refractivity contribution in [1.82, 2.24) is 10.2 Å². The van der Waals surface area contributed by atoms with Crippen LogP contribution in [0.1, 0.15) is 19.8 Å². The van der Waals surface area contributed by atoms with Crippen LogP contribution in [0.3, 0.4) is 0 Å². The molecule has 0 amide bonds. The van der Waals surface area contributed by atoms with Crippen LogP contribution in [0, 0.1) is 0 Å². The molecule has 2 rings (SSSR count). The second-order valence-corrected chi connectivity index (χ2v) is 4.85. The highest BCUT2D eigenvalue weighted by Crippen LogP contribution is 2.09. The molecule has 1 heterocycles. The third-order valence-corrected chi connectivity index (χ3v) is 3.51. The van der Waals surface area contributed by atoms with Crippen molar-refractivity contribution in [2.45, 2.75) is 25.8 Å². The van der Waals surface area contributed by atoms with Crippen molar-refractivity contribution in [2.75, 3.05) is 32.8 Å². The molecule has 0 aliphatic carbocycles. The first-order valence-electron chi connectivity index (χ1n) is 7.02. The van der Waals surface area contributed by atoms with Crippen LogP contribution in [0.2, 0.25) is 0 Å². The third-order valence-electron chi connectivity index (χ3n) is 3.51. The maximum atomic E-state index is 5.74. The first kappa shape index (κ1) is 13.4. The zero-order valence-corrected chi connectivity index (χ0v) is 11.3. The average Bonchev–Trinajstić information content (AvgIpc) is 2.92. The number of nitrogens with one attached hydrogen (secondary N) is 1. The Morgan fingerprint density at radius 2 is 2.17 bits per heavy atom. The van der Waals surface area contributed by atoms with Gasteiger partial charge in [-0.05, 0) is 38.1 Å². The highest BCUT2D eigenvalue weighted by atomic mass is 16.5. The van der Waals surface area contributed by atoms with Gasteiger partial charge in [0.05, 0.1) is 0 Å². The van der Waals surface area contributed by atoms with Crippen molar-refractivity contribution in [3.63, 3.8) is 0 Å². The van der Waals surface area contributed by atoms with Crippen LogP contribution in [-0.4, -0.2) is 43.7 Å². The predicted molar refractivity (Wildman–Crippen MR) is 75.1 cm³/mol. The van der Waals surface area contributed by atoms with E-state index >= 15 is 0 Å². The zero-order valence-electron chi connectivity index (χ0n) is 11.3. The van der Waals surface area contributed by atoms with Gasteiger partial charge in [0, 0.05) is 19.1 Å². The molecule has 0 saturated carbocycles. The van der Waals surface area contributed by atoms with Gasteiger partial charge in [0.1, 0.15) is 12.4 Å². The Hall–Kier alpha value is -1.06. The van der Waals surface area contributed by atoms with Crippen molar-refractivity contribution >= 4 is 0 Å². The summed E-state index contributed by atoms with van der Waals surface area (Å²) < 4.78 is 5.74. The van der Waals surface area contributed by atoms with Crippen LogP contribution in [-0.2, 0) is 0 Å². The number of rotatable bonds is 7. The standard InChI is InChI=1S/C15H24N2O/c1-2-17(13-14-7-6-10-16-14)11-12-18-15-8-4-3-5-9-15/h3-5,8-9,14,16H,2,6-7,10-13H2,1H3. The second-order valence-electron chi connectivity index (χ2n) is 4.85. The van der Waals surface area contributed by atoms with E-state index in [4.69, 9.17) is 4.74 Å². The van der Waals surface area contributed by atoms with Crippen LogP contribution >= 0.6 is 0 Å². The SMILES string of the molecule is CCN(CCOc1ccccc1)CC1CCCN1. The van der Waals surface area contributed by atoms with Crippen LogP contribution in [0.5, 0.6) is 5.75 Å². The first-order valence-corrected chi connectivity index (χ1v) is 7.02. The molecule has 1 saturated heterocycles. The molecule has 0 aromatic heterocycles. The van der Waals surface area contributed by atoms with Crippen molar-refractivity contribution < 1.29 is 4.74 Å². The van der Waals surface area contributed by atoms with E-state index in [0.29, 0.717) is 6.04 Å². The fourth-order valence-electron chi connectivity index (χ4n) is 2.41. The number of likely N-dealkylation sites (N-methyl/N-ethyl adjacent to an activating group) is 1. The topological polar surface area (TPSA) is 24.5 Å². The highest BCUT2D eigenvalue weighted by molar-refractivity contribution is 5.20. The molecule has 0 radical (unpaired) electrons. The van der Waals surface area contributed by atoms with Gasteiger partial charge in [-0.3, -0.25) is 4.90 Å². The van der Waals surface area contributed by atoms with Gasteiger partial charge < -0.3 is 10.1 Å². The van der Waals surface area contributed by atoms with Crippen molar-refractivity contribution in [3.8, 4) is 5.75 Å². The lowest BCUT2D eigenvalue weighted by Gasteiger charge is -2.24. The van der Waals surface area contributed by atoms with Gasteiger partial charge in [-0.15, -0.1) is 0 Å². The minimum absolute atomic E-state index is 0.682. The smallest absolute Gasteiger partial charge is 0.119 e. The van der Waals surface area contributed by atoms with Crippen LogP contribution in [0.4, 0.5) is 0 Å². The van der Waals surface area contributed by atoms with Crippen molar-refractivity contribution in [1.29, 1.82) is 0 Å². The van der Waals surface area contributed by atoms with Gasteiger partial charge >= 0.3 is 0 Å². The van der Waals surface area contributed by atoms with Gasteiger partial charge in [-0.1, -0.05) is 25.1 Å². The lowest BCUT2D eigenvalue weighted by atomic mass is 10.2. The molecular weight excluding hydrogens is 224 g/mol. The van der Waals surface area contributed by atoms with Crippen LogP contribution < -0.4 is 10.1 Å². The fourth-order valence-corrected chi connectivity index (χ4v) is 2.41. The molecule has 1 aromatic rings. The molecule has 0 spiro atoms. The number of ether oxygens (including phenoxy) is 1. The van der Waals surface area contributed by atoms with E-state index in [9.17, 15) is 0 Å². The first-order chi connectivity index (χ1) is 8.88. The highest BCUT2D eigenvalue weighted by Gasteiger charge is 2.16. The molecule has 1 fully saturated rings. The predicted octanol–water partition coefficient (Wildman–Crippen LogP) is 2.14. The van der Waals surface area contributed by atoms with Crippen molar-refractivity contribution in [3.05, 3.63) is 30.3 Å². The second kappa shape index (κ2) is 7.39. The van der Waals surface area contributed by atoms with E-state index in [1.807, 2.05) is 30.3 Å². The van der Waals surface area contributed by atoms with E-state index in [0.717, 1.165) is 32.0 Å². The van der Waals surface area contributed by atoms with Gasteiger partial charge in [-0.2, -0.15) is 0 Å². The van der Waals surface area contributed by atoms with Gasteiger partial charge in [0.15, 0.2) is 0 Å². The molecule has 1 N–H and O–H groups in total. The number of nitrogens with zero attached hydrogens (tertiary/aromatic N) is 1. The lowest BCUT2D eigenvalue weighted by Crippen LogP contribution is -2.39. The molecule has 0 bridgehead atoms. The Morgan fingerprint density at radius 3 is 2.83 bits per heavy atom. The molecule has 3 nitrogen and oxygen atoms in total. The van der Waals surface area contributed by atoms with E-state index in [1.165, 1.54) is 19.4 Å². The summed E-state index contributed by atoms with van der Waals surface area (Å²) in [5, 5.41) is 3.55. The van der Waals surface area contributed by atoms with E-state index in [-0.39, 0.29) is 0 Å². The largest absolute Gasteiger partial charge is 0.492 e. The molecule has 1 aliphatic heterocycles. The maximum absolute atomic E-state index is 5.74. The molecule has 1 unspecified atom stereocenters.